The molecule has 0 spiro atoms. The number of hydrogen-bond acceptors (Lipinski definition) is 3. The Bertz CT molecular complexity index is 232. The molecule has 2 N–H and O–H groups in total. The second-order valence-electron chi connectivity index (χ2n) is 2.17. The monoisotopic (exact) mass is 173 g/mol. The molecule has 0 saturated heterocycles. The third-order valence-corrected chi connectivity index (χ3v) is 1.19. The zero-order valence-electron chi connectivity index (χ0n) is 6.06. The molecule has 0 fully saturated rings. The van der Waals surface area contributed by atoms with Gasteiger partial charge in [0.05, 0.1) is 0 Å². The standard InChI is InChI=1S/C6H8BNO2.ClH/c1-5-2-6(7(9)10)4-8-3-5;/h2-4,9-10H,1H3;1H. The molecule has 0 aromatic carbocycles. The minimum absolute atomic E-state index is 0. The van der Waals surface area contributed by atoms with Crippen molar-refractivity contribution in [3.05, 3.63) is 24.0 Å². The number of rotatable bonds is 1. The highest BCUT2D eigenvalue weighted by Crippen LogP contribution is 1.88. The normalized spacial score (nSPS) is 8.64. The highest BCUT2D eigenvalue weighted by molar-refractivity contribution is 6.58. The molecule has 0 aliphatic rings. The number of halogens is 1. The van der Waals surface area contributed by atoms with Crippen LogP contribution in [0.25, 0.3) is 0 Å². The Hall–Kier alpha value is -0.575. The van der Waals surface area contributed by atoms with Gasteiger partial charge in [0.25, 0.3) is 0 Å². The fourth-order valence-corrected chi connectivity index (χ4v) is 0.720. The van der Waals surface area contributed by atoms with Crippen molar-refractivity contribution in [3.8, 4) is 0 Å². The van der Waals surface area contributed by atoms with Crippen molar-refractivity contribution in [2.45, 2.75) is 6.92 Å². The van der Waals surface area contributed by atoms with Gasteiger partial charge in [-0.05, 0) is 12.5 Å². The van der Waals surface area contributed by atoms with Gasteiger partial charge in [0.15, 0.2) is 0 Å². The maximum absolute atomic E-state index is 8.66. The average molecular weight is 173 g/mol. The summed E-state index contributed by atoms with van der Waals surface area (Å²) in [5.41, 5.74) is 1.35. The minimum atomic E-state index is -1.41. The molecule has 11 heavy (non-hydrogen) atoms. The maximum Gasteiger partial charge on any atom is 0.490 e. The minimum Gasteiger partial charge on any atom is -0.423 e. The lowest BCUT2D eigenvalue weighted by molar-refractivity contribution is 0.425. The topological polar surface area (TPSA) is 53.4 Å². The maximum atomic E-state index is 8.66. The molecule has 0 unspecified atom stereocenters. The zero-order valence-corrected chi connectivity index (χ0v) is 6.88. The Morgan fingerprint density at radius 1 is 1.36 bits per heavy atom. The molecule has 0 saturated carbocycles. The first-order valence-corrected chi connectivity index (χ1v) is 2.98. The molecule has 0 radical (unpaired) electrons. The van der Waals surface area contributed by atoms with Gasteiger partial charge < -0.3 is 10.0 Å². The molecular weight excluding hydrogens is 164 g/mol. The molecule has 0 aliphatic heterocycles. The van der Waals surface area contributed by atoms with Crippen molar-refractivity contribution < 1.29 is 10.0 Å². The van der Waals surface area contributed by atoms with Crippen LogP contribution in [0.4, 0.5) is 0 Å². The summed E-state index contributed by atoms with van der Waals surface area (Å²) in [5, 5.41) is 17.3. The lowest BCUT2D eigenvalue weighted by Crippen LogP contribution is -2.30. The third kappa shape index (κ3) is 2.88. The second kappa shape index (κ2) is 4.33. The Labute approximate surface area is 71.7 Å². The zero-order chi connectivity index (χ0) is 7.56. The van der Waals surface area contributed by atoms with Gasteiger partial charge >= 0.3 is 7.12 Å². The van der Waals surface area contributed by atoms with Gasteiger partial charge in [-0.25, -0.2) is 0 Å². The molecule has 1 rings (SSSR count). The molecular formula is C6H9BClNO2. The van der Waals surface area contributed by atoms with Crippen molar-refractivity contribution in [1.82, 2.24) is 4.98 Å². The number of aryl methyl sites for hydroxylation is 1. The van der Waals surface area contributed by atoms with E-state index in [0.29, 0.717) is 5.46 Å². The van der Waals surface area contributed by atoms with Crippen molar-refractivity contribution in [2.75, 3.05) is 0 Å². The molecule has 5 heteroatoms. The first-order valence-electron chi connectivity index (χ1n) is 2.98. The van der Waals surface area contributed by atoms with E-state index in [2.05, 4.69) is 4.98 Å². The van der Waals surface area contributed by atoms with Gasteiger partial charge in [-0.3, -0.25) is 4.98 Å². The second-order valence-corrected chi connectivity index (χ2v) is 2.17. The van der Waals surface area contributed by atoms with Crippen LogP contribution >= 0.6 is 12.4 Å². The molecule has 0 amide bonds. The molecule has 0 aliphatic carbocycles. The van der Waals surface area contributed by atoms with Gasteiger partial charge in [-0.2, -0.15) is 0 Å². The quantitative estimate of drug-likeness (QED) is 0.563. The average Bonchev–Trinajstić information content (AvgIpc) is 1.88. The number of aromatic nitrogens is 1. The van der Waals surface area contributed by atoms with E-state index >= 15 is 0 Å². The van der Waals surface area contributed by atoms with Crippen molar-refractivity contribution in [2.24, 2.45) is 0 Å². The summed E-state index contributed by atoms with van der Waals surface area (Å²) in [4.78, 5) is 3.79. The van der Waals surface area contributed by atoms with Crippen LogP contribution in [0.2, 0.25) is 0 Å². The summed E-state index contributed by atoms with van der Waals surface area (Å²) >= 11 is 0. The largest absolute Gasteiger partial charge is 0.490 e. The number of hydrogen-bond donors (Lipinski definition) is 2. The van der Waals surface area contributed by atoms with E-state index in [1.807, 2.05) is 6.92 Å². The van der Waals surface area contributed by atoms with Crippen LogP contribution in [0.1, 0.15) is 5.56 Å². The Morgan fingerprint density at radius 3 is 2.36 bits per heavy atom. The van der Waals surface area contributed by atoms with Crippen molar-refractivity contribution in [3.63, 3.8) is 0 Å². The van der Waals surface area contributed by atoms with Crippen LogP contribution in [-0.4, -0.2) is 22.2 Å². The van der Waals surface area contributed by atoms with Crippen LogP contribution in [0.3, 0.4) is 0 Å². The Morgan fingerprint density at radius 2 is 2.00 bits per heavy atom. The van der Waals surface area contributed by atoms with Crippen LogP contribution < -0.4 is 5.46 Å². The summed E-state index contributed by atoms with van der Waals surface area (Å²) in [6, 6.07) is 1.68. The highest BCUT2D eigenvalue weighted by atomic mass is 35.5. The summed E-state index contributed by atoms with van der Waals surface area (Å²) in [5.74, 6) is 0. The van der Waals surface area contributed by atoms with E-state index < -0.39 is 7.12 Å². The van der Waals surface area contributed by atoms with Gasteiger partial charge in [-0.1, -0.05) is 6.07 Å². The molecule has 0 atom stereocenters. The van der Waals surface area contributed by atoms with Gasteiger partial charge in [0.1, 0.15) is 0 Å². The van der Waals surface area contributed by atoms with Crippen LogP contribution in [0.5, 0.6) is 0 Å². The first-order chi connectivity index (χ1) is 4.70. The molecule has 0 bridgehead atoms. The molecule has 3 nitrogen and oxygen atoms in total. The first kappa shape index (κ1) is 10.4. The fraction of sp³-hybridized carbons (Fsp3) is 0.167. The van der Waals surface area contributed by atoms with Gasteiger partial charge in [0.2, 0.25) is 0 Å². The van der Waals surface area contributed by atoms with E-state index in [9.17, 15) is 0 Å². The number of pyridine rings is 1. The predicted molar refractivity (Wildman–Crippen MR) is 46.0 cm³/mol. The van der Waals surface area contributed by atoms with E-state index in [4.69, 9.17) is 10.0 Å². The van der Waals surface area contributed by atoms with E-state index in [1.165, 1.54) is 6.20 Å². The molecule has 1 aromatic heterocycles. The van der Waals surface area contributed by atoms with Crippen LogP contribution in [0, 0.1) is 6.92 Å². The highest BCUT2D eigenvalue weighted by Gasteiger charge is 2.09. The van der Waals surface area contributed by atoms with E-state index in [0.717, 1.165) is 5.56 Å². The molecule has 1 aromatic rings. The smallest absolute Gasteiger partial charge is 0.423 e. The SMILES string of the molecule is Cc1cncc(B(O)O)c1.Cl. The van der Waals surface area contributed by atoms with Gasteiger partial charge in [-0.15, -0.1) is 12.4 Å². The lowest BCUT2D eigenvalue weighted by Gasteiger charge is -1.97. The van der Waals surface area contributed by atoms with Crippen LogP contribution in [-0.2, 0) is 0 Å². The summed E-state index contributed by atoms with van der Waals surface area (Å²) in [7, 11) is -1.41. The fourth-order valence-electron chi connectivity index (χ4n) is 0.720. The Kier molecular flexibility index (Phi) is 4.11. The Balaban J connectivity index is 0.000001000. The predicted octanol–water partition coefficient (Wildman–Crippen LogP) is -0.508. The van der Waals surface area contributed by atoms with E-state index in [-0.39, 0.29) is 12.4 Å². The third-order valence-electron chi connectivity index (χ3n) is 1.19. The van der Waals surface area contributed by atoms with Gasteiger partial charge in [0, 0.05) is 17.9 Å². The molecule has 60 valence electrons. The summed E-state index contributed by atoms with van der Waals surface area (Å²) < 4.78 is 0. The number of nitrogens with zero attached hydrogens (tertiary/aromatic N) is 1. The van der Waals surface area contributed by atoms with Crippen molar-refractivity contribution >= 4 is 25.0 Å². The summed E-state index contributed by atoms with van der Waals surface area (Å²) in [6.45, 7) is 1.85. The van der Waals surface area contributed by atoms with E-state index in [1.54, 1.807) is 12.3 Å². The van der Waals surface area contributed by atoms with Crippen molar-refractivity contribution in [1.29, 1.82) is 0 Å². The van der Waals surface area contributed by atoms with Crippen LogP contribution in [0.15, 0.2) is 18.5 Å². The lowest BCUT2D eigenvalue weighted by atomic mass is 9.81. The summed E-state index contributed by atoms with van der Waals surface area (Å²) in [6.07, 6.45) is 3.09. The molecule has 1 heterocycles.